The van der Waals surface area contributed by atoms with Gasteiger partial charge in [0, 0.05) is 0 Å². The summed E-state index contributed by atoms with van der Waals surface area (Å²) in [6.45, 7) is 2.53. The molecule has 0 bridgehead atoms. The van der Waals surface area contributed by atoms with Crippen molar-refractivity contribution in [3.05, 3.63) is 29.8 Å². The molecule has 0 aromatic heterocycles. The van der Waals surface area contributed by atoms with Gasteiger partial charge in [-0.3, -0.25) is 0 Å². The lowest BCUT2D eigenvalue weighted by Crippen LogP contribution is -2.02. The van der Waals surface area contributed by atoms with E-state index in [4.69, 9.17) is 9.29 Å². The highest BCUT2D eigenvalue weighted by molar-refractivity contribution is 7.79. The summed E-state index contributed by atoms with van der Waals surface area (Å²) in [6, 6.07) is 7.58. The Balaban J connectivity index is 2.68. The number of benzene rings is 1. The van der Waals surface area contributed by atoms with E-state index in [2.05, 4.69) is 0 Å². The quantitative estimate of drug-likeness (QED) is 0.761. The molecule has 1 unspecified atom stereocenters. The highest BCUT2D eigenvalue weighted by atomic mass is 32.2. The number of hydrogen-bond acceptors (Lipinski definition) is 2. The predicted molar refractivity (Wildman–Crippen MR) is 57.0 cm³/mol. The van der Waals surface area contributed by atoms with E-state index in [1.165, 1.54) is 0 Å². The Morgan fingerprint density at radius 3 is 2.79 bits per heavy atom. The van der Waals surface area contributed by atoms with Gasteiger partial charge in [-0.05, 0) is 25.0 Å². The van der Waals surface area contributed by atoms with Crippen molar-refractivity contribution in [3.8, 4) is 5.75 Å². The maximum absolute atomic E-state index is 10.5. The second-order valence-corrected chi connectivity index (χ2v) is 3.87. The van der Waals surface area contributed by atoms with E-state index >= 15 is 0 Å². The van der Waals surface area contributed by atoms with Gasteiger partial charge in [0.05, 0.1) is 12.4 Å². The van der Waals surface area contributed by atoms with Crippen LogP contribution in [0.4, 0.5) is 0 Å². The lowest BCUT2D eigenvalue weighted by molar-refractivity contribution is 0.337. The number of hydrogen-bond donors (Lipinski definition) is 1. The Morgan fingerprint density at radius 1 is 1.43 bits per heavy atom. The second kappa shape index (κ2) is 5.78. The Hall–Kier alpha value is -0.870. The lowest BCUT2D eigenvalue weighted by atomic mass is 10.1. The molecular weight excluding hydrogens is 200 g/mol. The molecule has 1 aromatic rings. The molecule has 14 heavy (non-hydrogen) atoms. The van der Waals surface area contributed by atoms with Gasteiger partial charge in [-0.15, -0.1) is 0 Å². The van der Waals surface area contributed by atoms with Gasteiger partial charge < -0.3 is 9.29 Å². The Kier molecular flexibility index (Phi) is 4.62. The predicted octanol–water partition coefficient (Wildman–Crippen LogP) is 1.85. The molecule has 0 spiro atoms. The molecule has 3 nitrogen and oxygen atoms in total. The van der Waals surface area contributed by atoms with Crippen molar-refractivity contribution in [3.63, 3.8) is 0 Å². The summed E-state index contributed by atoms with van der Waals surface area (Å²) in [5.74, 6) is 1.06. The van der Waals surface area contributed by atoms with Gasteiger partial charge in [-0.1, -0.05) is 18.2 Å². The standard InChI is InChI=1S/C10H14O3S/c1-2-13-10-6-4-3-5-9(10)7-8-14(11)12/h3-6H,2,7-8H2,1H3,(H,11,12). The fraction of sp³-hybridized carbons (Fsp3) is 0.400. The minimum Gasteiger partial charge on any atom is -0.494 e. The van der Waals surface area contributed by atoms with Crippen molar-refractivity contribution in [2.45, 2.75) is 13.3 Å². The average molecular weight is 214 g/mol. The molecule has 0 heterocycles. The zero-order valence-electron chi connectivity index (χ0n) is 8.10. The van der Waals surface area contributed by atoms with Gasteiger partial charge >= 0.3 is 0 Å². The fourth-order valence-electron chi connectivity index (χ4n) is 1.20. The minimum atomic E-state index is -1.73. The average Bonchev–Trinajstić information content (AvgIpc) is 2.17. The molecule has 0 fully saturated rings. The van der Waals surface area contributed by atoms with Crippen LogP contribution in [0.2, 0.25) is 0 Å². The van der Waals surface area contributed by atoms with Crippen molar-refractivity contribution in [2.24, 2.45) is 0 Å². The number of para-hydroxylation sites is 1. The van der Waals surface area contributed by atoms with Gasteiger partial charge in [0.1, 0.15) is 5.75 Å². The van der Waals surface area contributed by atoms with Gasteiger partial charge in [0.15, 0.2) is 11.1 Å². The molecule has 1 aromatic carbocycles. The van der Waals surface area contributed by atoms with E-state index in [1.54, 1.807) is 0 Å². The molecule has 0 aliphatic rings. The third kappa shape index (κ3) is 3.47. The topological polar surface area (TPSA) is 46.5 Å². The van der Waals surface area contributed by atoms with Crippen LogP contribution in [0.15, 0.2) is 24.3 Å². The van der Waals surface area contributed by atoms with Crippen molar-refractivity contribution in [2.75, 3.05) is 12.4 Å². The highest BCUT2D eigenvalue weighted by Crippen LogP contribution is 2.18. The highest BCUT2D eigenvalue weighted by Gasteiger charge is 2.03. The Bertz CT molecular complexity index is 312. The molecule has 1 N–H and O–H groups in total. The van der Waals surface area contributed by atoms with Crippen LogP contribution in [0.25, 0.3) is 0 Å². The number of ether oxygens (including phenoxy) is 1. The molecule has 0 aliphatic heterocycles. The van der Waals surface area contributed by atoms with E-state index in [0.29, 0.717) is 13.0 Å². The van der Waals surface area contributed by atoms with Crippen LogP contribution < -0.4 is 4.74 Å². The van der Waals surface area contributed by atoms with Gasteiger partial charge in [0.2, 0.25) is 0 Å². The summed E-state index contributed by atoms with van der Waals surface area (Å²) >= 11 is -1.73. The molecule has 0 amide bonds. The monoisotopic (exact) mass is 214 g/mol. The Morgan fingerprint density at radius 2 is 2.14 bits per heavy atom. The summed E-state index contributed by atoms with van der Waals surface area (Å²) in [5, 5.41) is 0. The summed E-state index contributed by atoms with van der Waals surface area (Å²) in [4.78, 5) is 0. The molecular formula is C10H14O3S. The Labute approximate surface area is 86.4 Å². The van der Waals surface area contributed by atoms with Gasteiger partial charge in [-0.2, -0.15) is 0 Å². The zero-order chi connectivity index (χ0) is 10.4. The van der Waals surface area contributed by atoms with Crippen LogP contribution in [0.5, 0.6) is 5.75 Å². The largest absolute Gasteiger partial charge is 0.494 e. The maximum atomic E-state index is 10.5. The third-order valence-electron chi connectivity index (χ3n) is 1.82. The first-order valence-corrected chi connectivity index (χ1v) is 5.79. The summed E-state index contributed by atoms with van der Waals surface area (Å²) in [5.41, 5.74) is 0.983. The van der Waals surface area contributed by atoms with E-state index in [1.807, 2.05) is 31.2 Å². The lowest BCUT2D eigenvalue weighted by Gasteiger charge is -2.08. The smallest absolute Gasteiger partial charge is 0.153 e. The van der Waals surface area contributed by atoms with Gasteiger partial charge in [-0.25, -0.2) is 4.21 Å². The summed E-state index contributed by atoms with van der Waals surface area (Å²) in [6.07, 6.45) is 0.569. The maximum Gasteiger partial charge on any atom is 0.153 e. The molecule has 4 heteroatoms. The van der Waals surface area contributed by atoms with Crippen LogP contribution in [0.1, 0.15) is 12.5 Å². The molecule has 1 atom stereocenters. The van der Waals surface area contributed by atoms with Crippen LogP contribution in [0, 0.1) is 0 Å². The normalized spacial score (nSPS) is 12.4. The third-order valence-corrected chi connectivity index (χ3v) is 2.37. The first-order chi connectivity index (χ1) is 6.74. The molecule has 0 radical (unpaired) electrons. The minimum absolute atomic E-state index is 0.254. The van der Waals surface area contributed by atoms with Crippen molar-refractivity contribution in [1.82, 2.24) is 0 Å². The fourth-order valence-corrected chi connectivity index (χ4v) is 1.60. The summed E-state index contributed by atoms with van der Waals surface area (Å²) < 4.78 is 24.6. The SMILES string of the molecule is CCOc1ccccc1CCS(=O)O. The number of aryl methyl sites for hydroxylation is 1. The first kappa shape index (κ1) is 11.2. The summed E-state index contributed by atoms with van der Waals surface area (Å²) in [7, 11) is 0. The van der Waals surface area contributed by atoms with Crippen LogP contribution in [-0.2, 0) is 17.5 Å². The van der Waals surface area contributed by atoms with Crippen LogP contribution in [-0.4, -0.2) is 21.1 Å². The van der Waals surface area contributed by atoms with Crippen molar-refractivity contribution >= 4 is 11.1 Å². The van der Waals surface area contributed by atoms with Crippen LogP contribution in [0.3, 0.4) is 0 Å². The van der Waals surface area contributed by atoms with E-state index in [0.717, 1.165) is 11.3 Å². The number of rotatable bonds is 5. The second-order valence-electron chi connectivity index (χ2n) is 2.82. The van der Waals surface area contributed by atoms with Crippen molar-refractivity contribution < 1.29 is 13.5 Å². The molecule has 0 saturated carbocycles. The molecule has 0 saturated heterocycles. The molecule has 78 valence electrons. The van der Waals surface area contributed by atoms with E-state index in [9.17, 15) is 4.21 Å². The molecule has 1 rings (SSSR count). The zero-order valence-corrected chi connectivity index (χ0v) is 8.92. The molecule has 0 aliphatic carbocycles. The van der Waals surface area contributed by atoms with Gasteiger partial charge in [0.25, 0.3) is 0 Å². The van der Waals surface area contributed by atoms with E-state index in [-0.39, 0.29) is 5.75 Å². The van der Waals surface area contributed by atoms with E-state index < -0.39 is 11.1 Å². The van der Waals surface area contributed by atoms with Crippen molar-refractivity contribution in [1.29, 1.82) is 0 Å². The first-order valence-electron chi connectivity index (χ1n) is 4.52. The van der Waals surface area contributed by atoms with Crippen LogP contribution >= 0.6 is 0 Å².